The zero-order chi connectivity index (χ0) is 14.8. The van der Waals surface area contributed by atoms with Gasteiger partial charge in [0.2, 0.25) is 0 Å². The fourth-order valence-electron chi connectivity index (χ4n) is 1.72. The largest absolute Gasteiger partial charge is 0.416 e. The molecule has 0 spiro atoms. The Labute approximate surface area is 123 Å². The lowest BCUT2D eigenvalue weighted by Gasteiger charge is -2.10. The topological polar surface area (TPSA) is 12.0 Å². The molecule has 0 aliphatic rings. The van der Waals surface area contributed by atoms with E-state index in [1.807, 2.05) is 25.1 Å². The average molecular weight is 344 g/mol. The summed E-state index contributed by atoms with van der Waals surface area (Å²) in [5.41, 5.74) is 2.22. The number of nitrogens with one attached hydrogen (secondary N) is 1. The second kappa shape index (κ2) is 5.87. The summed E-state index contributed by atoms with van der Waals surface area (Å²) in [7, 11) is 0. The third-order valence-corrected chi connectivity index (χ3v) is 3.80. The van der Waals surface area contributed by atoms with Crippen molar-refractivity contribution in [3.05, 3.63) is 63.6 Å². The predicted molar refractivity (Wildman–Crippen MR) is 77.6 cm³/mol. The number of hydrogen-bond acceptors (Lipinski definition) is 1. The molecular weight excluding hydrogens is 331 g/mol. The SMILES string of the molecule is Cc1ccc(NCc2ccc(C(F)(F)F)cc2)cc1Br. The maximum atomic E-state index is 12.4. The van der Waals surface area contributed by atoms with Crippen LogP contribution < -0.4 is 5.32 Å². The molecular formula is C15H13BrF3N. The van der Waals surface area contributed by atoms with Gasteiger partial charge in [-0.25, -0.2) is 0 Å². The molecule has 0 aliphatic carbocycles. The number of alkyl halides is 3. The van der Waals surface area contributed by atoms with Crippen LogP contribution in [0.4, 0.5) is 18.9 Å². The Hall–Kier alpha value is -1.49. The molecule has 1 nitrogen and oxygen atoms in total. The first-order valence-electron chi connectivity index (χ1n) is 6.02. The summed E-state index contributed by atoms with van der Waals surface area (Å²) in [6.07, 6.45) is -4.28. The summed E-state index contributed by atoms with van der Waals surface area (Å²) in [6.45, 7) is 2.47. The Morgan fingerprint density at radius 2 is 1.70 bits per heavy atom. The molecule has 0 radical (unpaired) electrons. The van der Waals surface area contributed by atoms with Crippen molar-refractivity contribution in [1.82, 2.24) is 0 Å². The lowest BCUT2D eigenvalue weighted by Crippen LogP contribution is -2.05. The van der Waals surface area contributed by atoms with Crippen LogP contribution >= 0.6 is 15.9 Å². The minimum atomic E-state index is -4.28. The van der Waals surface area contributed by atoms with E-state index in [9.17, 15) is 13.2 Å². The van der Waals surface area contributed by atoms with E-state index in [4.69, 9.17) is 0 Å². The molecule has 0 fully saturated rings. The van der Waals surface area contributed by atoms with Crippen LogP contribution in [0.3, 0.4) is 0 Å². The fourth-order valence-corrected chi connectivity index (χ4v) is 2.10. The normalized spacial score (nSPS) is 11.4. The first-order valence-corrected chi connectivity index (χ1v) is 6.82. The van der Waals surface area contributed by atoms with E-state index in [1.165, 1.54) is 12.1 Å². The van der Waals surface area contributed by atoms with Crippen molar-refractivity contribution < 1.29 is 13.2 Å². The zero-order valence-corrected chi connectivity index (χ0v) is 12.3. The summed E-state index contributed by atoms with van der Waals surface area (Å²) in [4.78, 5) is 0. The second-order valence-electron chi connectivity index (χ2n) is 4.51. The summed E-state index contributed by atoms with van der Waals surface area (Å²) in [6, 6.07) is 11.0. The van der Waals surface area contributed by atoms with E-state index in [1.54, 1.807) is 0 Å². The number of benzene rings is 2. The van der Waals surface area contributed by atoms with Gasteiger partial charge in [-0.3, -0.25) is 0 Å². The molecule has 0 atom stereocenters. The smallest absolute Gasteiger partial charge is 0.381 e. The van der Waals surface area contributed by atoms with Crippen molar-refractivity contribution in [3.8, 4) is 0 Å². The molecule has 0 heterocycles. The highest BCUT2D eigenvalue weighted by Crippen LogP contribution is 2.29. The quantitative estimate of drug-likeness (QED) is 0.787. The van der Waals surface area contributed by atoms with Crippen LogP contribution in [0.25, 0.3) is 0 Å². The maximum Gasteiger partial charge on any atom is 0.416 e. The first kappa shape index (κ1) is 14.9. The number of rotatable bonds is 3. The molecule has 20 heavy (non-hydrogen) atoms. The highest BCUT2D eigenvalue weighted by molar-refractivity contribution is 9.10. The Bertz CT molecular complexity index is 591. The van der Waals surface area contributed by atoms with Gasteiger partial charge >= 0.3 is 6.18 Å². The highest BCUT2D eigenvalue weighted by atomic mass is 79.9. The Kier molecular flexibility index (Phi) is 4.38. The van der Waals surface area contributed by atoms with E-state index in [-0.39, 0.29) is 0 Å². The van der Waals surface area contributed by atoms with Crippen LogP contribution in [0, 0.1) is 6.92 Å². The molecule has 0 saturated heterocycles. The van der Waals surface area contributed by atoms with Gasteiger partial charge in [-0.2, -0.15) is 13.2 Å². The van der Waals surface area contributed by atoms with Gasteiger partial charge in [0.15, 0.2) is 0 Å². The lowest BCUT2D eigenvalue weighted by atomic mass is 10.1. The molecule has 106 valence electrons. The van der Waals surface area contributed by atoms with Gasteiger partial charge in [0.25, 0.3) is 0 Å². The molecule has 2 rings (SSSR count). The van der Waals surface area contributed by atoms with Crippen LogP contribution in [0.15, 0.2) is 46.9 Å². The molecule has 2 aromatic carbocycles. The molecule has 2 aromatic rings. The van der Waals surface area contributed by atoms with Crippen LogP contribution in [0.1, 0.15) is 16.7 Å². The third-order valence-electron chi connectivity index (χ3n) is 2.95. The van der Waals surface area contributed by atoms with Crippen LogP contribution in [-0.2, 0) is 12.7 Å². The lowest BCUT2D eigenvalue weighted by molar-refractivity contribution is -0.137. The molecule has 5 heteroatoms. The maximum absolute atomic E-state index is 12.4. The summed E-state index contributed by atoms with van der Waals surface area (Å²) < 4.78 is 38.3. The van der Waals surface area contributed by atoms with Gasteiger partial charge in [0, 0.05) is 16.7 Å². The van der Waals surface area contributed by atoms with E-state index in [0.29, 0.717) is 6.54 Å². The van der Waals surface area contributed by atoms with Gasteiger partial charge in [-0.15, -0.1) is 0 Å². The predicted octanol–water partition coefficient (Wildman–Crippen LogP) is 5.39. The fraction of sp³-hybridized carbons (Fsp3) is 0.200. The van der Waals surface area contributed by atoms with E-state index >= 15 is 0 Å². The van der Waals surface area contributed by atoms with Gasteiger partial charge in [-0.1, -0.05) is 34.1 Å². The average Bonchev–Trinajstić information content (AvgIpc) is 2.40. The van der Waals surface area contributed by atoms with Crippen LogP contribution in [0.2, 0.25) is 0 Å². The van der Waals surface area contributed by atoms with E-state index in [2.05, 4.69) is 21.2 Å². The minimum Gasteiger partial charge on any atom is -0.381 e. The zero-order valence-electron chi connectivity index (χ0n) is 10.8. The number of hydrogen-bond donors (Lipinski definition) is 1. The van der Waals surface area contributed by atoms with E-state index in [0.717, 1.165) is 33.4 Å². The highest BCUT2D eigenvalue weighted by Gasteiger charge is 2.29. The summed E-state index contributed by atoms with van der Waals surface area (Å²) >= 11 is 3.44. The van der Waals surface area contributed by atoms with Crippen LogP contribution in [-0.4, -0.2) is 0 Å². The standard InChI is InChI=1S/C15H13BrF3N/c1-10-2-7-13(8-14(10)16)20-9-11-3-5-12(6-4-11)15(17,18)19/h2-8,20H,9H2,1H3. The van der Waals surface area contributed by atoms with Gasteiger partial charge < -0.3 is 5.32 Å². The molecule has 0 unspecified atom stereocenters. The summed E-state index contributed by atoms with van der Waals surface area (Å²) in [5.74, 6) is 0. The minimum absolute atomic E-state index is 0.480. The molecule has 0 bridgehead atoms. The number of anilines is 1. The van der Waals surface area contributed by atoms with Crippen molar-refractivity contribution >= 4 is 21.6 Å². The Morgan fingerprint density at radius 3 is 2.25 bits per heavy atom. The Morgan fingerprint density at radius 1 is 1.05 bits per heavy atom. The monoisotopic (exact) mass is 343 g/mol. The second-order valence-corrected chi connectivity index (χ2v) is 5.37. The Balaban J connectivity index is 2.02. The van der Waals surface area contributed by atoms with Crippen molar-refractivity contribution in [2.45, 2.75) is 19.6 Å². The molecule has 0 aromatic heterocycles. The van der Waals surface area contributed by atoms with Crippen molar-refractivity contribution in [3.63, 3.8) is 0 Å². The van der Waals surface area contributed by atoms with Crippen molar-refractivity contribution in [2.24, 2.45) is 0 Å². The number of halogens is 4. The molecule has 0 saturated carbocycles. The van der Waals surface area contributed by atoms with Crippen LogP contribution in [0.5, 0.6) is 0 Å². The number of aryl methyl sites for hydroxylation is 1. The molecule has 1 N–H and O–H groups in total. The summed E-state index contributed by atoms with van der Waals surface area (Å²) in [5, 5.41) is 3.18. The van der Waals surface area contributed by atoms with Crippen molar-refractivity contribution in [1.29, 1.82) is 0 Å². The first-order chi connectivity index (χ1) is 9.36. The van der Waals surface area contributed by atoms with E-state index < -0.39 is 11.7 Å². The third kappa shape index (κ3) is 3.76. The van der Waals surface area contributed by atoms with Gasteiger partial charge in [0.1, 0.15) is 0 Å². The van der Waals surface area contributed by atoms with Gasteiger partial charge in [0.05, 0.1) is 5.56 Å². The molecule has 0 amide bonds. The van der Waals surface area contributed by atoms with Gasteiger partial charge in [-0.05, 0) is 42.3 Å². The molecule has 0 aliphatic heterocycles. The van der Waals surface area contributed by atoms with Crippen molar-refractivity contribution in [2.75, 3.05) is 5.32 Å².